The third kappa shape index (κ3) is 2.66. The second-order valence-electron chi connectivity index (χ2n) is 4.98. The quantitative estimate of drug-likeness (QED) is 0.665. The summed E-state index contributed by atoms with van der Waals surface area (Å²) in [4.78, 5) is 4.23. The first-order valence-corrected chi connectivity index (χ1v) is 6.98. The third-order valence-corrected chi connectivity index (χ3v) is 3.60. The fraction of sp³-hybridized carbons (Fsp3) is 0.250. The SMILES string of the molecule is COc1ccc2c(C(O)c3ccc(CCO)nc3)[nH]nc2c1. The maximum Gasteiger partial charge on any atom is 0.122 e. The number of H-pyrrole nitrogens is 1. The maximum atomic E-state index is 10.5. The van der Waals surface area contributed by atoms with Gasteiger partial charge in [-0.2, -0.15) is 5.10 Å². The summed E-state index contributed by atoms with van der Waals surface area (Å²) in [5.41, 5.74) is 2.81. The molecule has 0 aliphatic carbocycles. The molecule has 3 N–H and O–H groups in total. The van der Waals surface area contributed by atoms with Crippen molar-refractivity contribution in [1.29, 1.82) is 0 Å². The molecular formula is C16H17N3O3. The van der Waals surface area contributed by atoms with E-state index in [1.54, 1.807) is 25.4 Å². The molecule has 1 atom stereocenters. The fourth-order valence-electron chi connectivity index (χ4n) is 2.37. The van der Waals surface area contributed by atoms with Crippen LogP contribution >= 0.6 is 0 Å². The van der Waals surface area contributed by atoms with Crippen LogP contribution in [0.4, 0.5) is 0 Å². The van der Waals surface area contributed by atoms with Gasteiger partial charge in [0.25, 0.3) is 0 Å². The molecule has 0 bridgehead atoms. The van der Waals surface area contributed by atoms with Gasteiger partial charge in [-0.3, -0.25) is 10.1 Å². The lowest BCUT2D eigenvalue weighted by Crippen LogP contribution is -2.03. The second kappa shape index (κ2) is 6.13. The number of ether oxygens (including phenoxy) is 1. The molecule has 0 amide bonds. The smallest absolute Gasteiger partial charge is 0.122 e. The van der Waals surface area contributed by atoms with Gasteiger partial charge in [0.15, 0.2) is 0 Å². The Morgan fingerprint density at radius 1 is 1.27 bits per heavy atom. The van der Waals surface area contributed by atoms with E-state index in [0.717, 1.165) is 22.3 Å². The number of hydrogen-bond acceptors (Lipinski definition) is 5. The normalized spacial score (nSPS) is 12.5. The molecule has 0 radical (unpaired) electrons. The van der Waals surface area contributed by atoms with Crippen molar-refractivity contribution in [2.24, 2.45) is 0 Å². The highest BCUT2D eigenvalue weighted by Gasteiger charge is 2.17. The average molecular weight is 299 g/mol. The lowest BCUT2D eigenvalue weighted by atomic mass is 10.0. The molecule has 114 valence electrons. The number of methoxy groups -OCH3 is 1. The van der Waals surface area contributed by atoms with E-state index in [1.807, 2.05) is 18.2 Å². The van der Waals surface area contributed by atoms with Crippen molar-refractivity contribution in [2.45, 2.75) is 12.5 Å². The van der Waals surface area contributed by atoms with Gasteiger partial charge in [-0.1, -0.05) is 6.07 Å². The van der Waals surface area contributed by atoms with Crippen LogP contribution < -0.4 is 4.74 Å². The van der Waals surface area contributed by atoms with Crippen LogP contribution in [0.1, 0.15) is 23.1 Å². The van der Waals surface area contributed by atoms with Crippen molar-refractivity contribution in [2.75, 3.05) is 13.7 Å². The molecule has 6 nitrogen and oxygen atoms in total. The number of rotatable bonds is 5. The van der Waals surface area contributed by atoms with Crippen LogP contribution in [-0.2, 0) is 6.42 Å². The van der Waals surface area contributed by atoms with Crippen molar-refractivity contribution in [3.05, 3.63) is 53.5 Å². The summed E-state index contributed by atoms with van der Waals surface area (Å²) in [6.07, 6.45) is 1.28. The van der Waals surface area contributed by atoms with Crippen molar-refractivity contribution in [3.63, 3.8) is 0 Å². The van der Waals surface area contributed by atoms with Crippen LogP contribution in [0.15, 0.2) is 36.5 Å². The Balaban J connectivity index is 1.92. The molecule has 22 heavy (non-hydrogen) atoms. The summed E-state index contributed by atoms with van der Waals surface area (Å²) in [5, 5.41) is 27.4. The zero-order chi connectivity index (χ0) is 15.5. The molecule has 0 saturated carbocycles. The van der Waals surface area contributed by atoms with Gasteiger partial charge in [0, 0.05) is 41.9 Å². The topological polar surface area (TPSA) is 91.3 Å². The number of aromatic amines is 1. The zero-order valence-electron chi connectivity index (χ0n) is 12.2. The Morgan fingerprint density at radius 3 is 2.82 bits per heavy atom. The van der Waals surface area contributed by atoms with Crippen molar-refractivity contribution in [3.8, 4) is 5.75 Å². The number of hydrogen-bond donors (Lipinski definition) is 3. The standard InChI is InChI=1S/C16H17N3O3/c1-22-12-4-5-13-14(8-12)18-19-15(13)16(21)10-2-3-11(6-7-20)17-9-10/h2-5,8-9,16,20-21H,6-7H2,1H3,(H,18,19). The van der Waals surface area contributed by atoms with Gasteiger partial charge >= 0.3 is 0 Å². The van der Waals surface area contributed by atoms with Crippen LogP contribution in [0.2, 0.25) is 0 Å². The molecule has 2 heterocycles. The summed E-state index contributed by atoms with van der Waals surface area (Å²) >= 11 is 0. The summed E-state index contributed by atoms with van der Waals surface area (Å²) in [5.74, 6) is 0.718. The second-order valence-corrected chi connectivity index (χ2v) is 4.98. The Labute approximate surface area is 127 Å². The molecule has 2 aromatic heterocycles. The van der Waals surface area contributed by atoms with Gasteiger partial charge in [0.2, 0.25) is 0 Å². The first-order chi connectivity index (χ1) is 10.7. The molecule has 3 aromatic rings. The maximum absolute atomic E-state index is 10.5. The number of pyridine rings is 1. The van der Waals surface area contributed by atoms with E-state index in [2.05, 4.69) is 15.2 Å². The average Bonchev–Trinajstić information content (AvgIpc) is 2.98. The first kappa shape index (κ1) is 14.5. The minimum absolute atomic E-state index is 0.0575. The Morgan fingerprint density at radius 2 is 2.14 bits per heavy atom. The largest absolute Gasteiger partial charge is 0.497 e. The monoisotopic (exact) mass is 299 g/mol. The van der Waals surface area contributed by atoms with E-state index in [4.69, 9.17) is 9.84 Å². The summed E-state index contributed by atoms with van der Waals surface area (Å²) in [7, 11) is 1.60. The molecule has 0 aliphatic heterocycles. The van der Waals surface area contributed by atoms with Gasteiger partial charge < -0.3 is 14.9 Å². The van der Waals surface area contributed by atoms with Crippen molar-refractivity contribution >= 4 is 10.9 Å². The summed E-state index contributed by atoms with van der Waals surface area (Å²) < 4.78 is 5.17. The van der Waals surface area contributed by atoms with Gasteiger partial charge in [-0.15, -0.1) is 0 Å². The third-order valence-electron chi connectivity index (χ3n) is 3.60. The number of aliphatic hydroxyl groups excluding tert-OH is 2. The van der Waals surface area contributed by atoms with Crippen LogP contribution in [0.5, 0.6) is 5.75 Å². The number of benzene rings is 1. The van der Waals surface area contributed by atoms with E-state index >= 15 is 0 Å². The molecule has 1 unspecified atom stereocenters. The molecule has 0 saturated heterocycles. The number of aliphatic hydroxyl groups is 2. The van der Waals surface area contributed by atoms with Crippen molar-refractivity contribution < 1.29 is 14.9 Å². The van der Waals surface area contributed by atoms with Crippen molar-refractivity contribution in [1.82, 2.24) is 15.2 Å². The summed E-state index contributed by atoms with van der Waals surface area (Å²) in [6, 6.07) is 9.11. The van der Waals surface area contributed by atoms with Gasteiger partial charge in [-0.25, -0.2) is 0 Å². The van der Waals surface area contributed by atoms with Crippen LogP contribution in [0.3, 0.4) is 0 Å². The fourth-order valence-corrected chi connectivity index (χ4v) is 2.37. The predicted molar refractivity (Wildman–Crippen MR) is 81.7 cm³/mol. The van der Waals surface area contributed by atoms with E-state index in [-0.39, 0.29) is 6.61 Å². The Bertz CT molecular complexity index is 768. The highest BCUT2D eigenvalue weighted by atomic mass is 16.5. The van der Waals surface area contributed by atoms with Gasteiger partial charge in [0.05, 0.1) is 18.3 Å². The minimum atomic E-state index is -0.839. The molecule has 3 rings (SSSR count). The minimum Gasteiger partial charge on any atom is -0.497 e. The summed E-state index contributed by atoms with van der Waals surface area (Å²) in [6.45, 7) is 0.0575. The van der Waals surface area contributed by atoms with E-state index < -0.39 is 6.10 Å². The molecule has 0 fully saturated rings. The highest BCUT2D eigenvalue weighted by Crippen LogP contribution is 2.28. The van der Waals surface area contributed by atoms with E-state index in [0.29, 0.717) is 17.7 Å². The molecule has 1 aromatic carbocycles. The van der Waals surface area contributed by atoms with Crippen LogP contribution in [0.25, 0.3) is 10.9 Å². The van der Waals surface area contributed by atoms with Gasteiger partial charge in [-0.05, 0) is 18.2 Å². The zero-order valence-corrected chi connectivity index (χ0v) is 12.2. The van der Waals surface area contributed by atoms with Gasteiger partial charge in [0.1, 0.15) is 11.9 Å². The molecule has 6 heteroatoms. The van der Waals surface area contributed by atoms with E-state index in [9.17, 15) is 5.11 Å². The van der Waals surface area contributed by atoms with Crippen LogP contribution in [0, 0.1) is 0 Å². The lowest BCUT2D eigenvalue weighted by Gasteiger charge is -2.10. The lowest BCUT2D eigenvalue weighted by molar-refractivity contribution is 0.216. The number of nitrogens with one attached hydrogen (secondary N) is 1. The number of fused-ring (bicyclic) bond motifs is 1. The predicted octanol–water partition coefficient (Wildman–Crippen LogP) is 1.58. The van der Waals surface area contributed by atoms with Crippen LogP contribution in [-0.4, -0.2) is 39.1 Å². The number of nitrogens with zero attached hydrogens (tertiary/aromatic N) is 2. The Kier molecular flexibility index (Phi) is 4.04. The Hall–Kier alpha value is -2.44. The molecule has 0 aliphatic rings. The molecular weight excluding hydrogens is 282 g/mol. The molecule has 0 spiro atoms. The van der Waals surface area contributed by atoms with E-state index in [1.165, 1.54) is 0 Å². The highest BCUT2D eigenvalue weighted by molar-refractivity contribution is 5.83. The first-order valence-electron chi connectivity index (χ1n) is 6.98. The number of aromatic nitrogens is 3.